The highest BCUT2D eigenvalue weighted by Gasteiger charge is 2.34. The van der Waals surface area contributed by atoms with E-state index in [1.165, 1.54) is 28.9 Å². The molecule has 1 fully saturated rings. The second-order valence-corrected chi connectivity index (χ2v) is 8.56. The number of nitrogens with one attached hydrogen (secondary N) is 1. The summed E-state index contributed by atoms with van der Waals surface area (Å²) >= 11 is 1.58. The number of benzene rings is 1. The molecule has 5 nitrogen and oxygen atoms in total. The third kappa shape index (κ3) is 3.12. The van der Waals surface area contributed by atoms with Crippen LogP contribution in [0.25, 0.3) is 4.96 Å². The van der Waals surface area contributed by atoms with Crippen molar-refractivity contribution in [1.29, 1.82) is 0 Å². The second kappa shape index (κ2) is 7.00. The molecule has 4 rings (SSSR count). The number of quaternary nitrogens is 1. The summed E-state index contributed by atoms with van der Waals surface area (Å²) in [6, 6.07) is 8.83. The van der Waals surface area contributed by atoms with Gasteiger partial charge in [-0.25, -0.2) is 4.98 Å². The molecule has 2 aromatic heterocycles. The van der Waals surface area contributed by atoms with E-state index >= 15 is 0 Å². The van der Waals surface area contributed by atoms with Crippen LogP contribution < -0.4 is 4.90 Å². The van der Waals surface area contributed by atoms with Gasteiger partial charge in [-0.1, -0.05) is 48.9 Å². The molecule has 26 heavy (non-hydrogen) atoms. The molecule has 3 aromatic rings. The van der Waals surface area contributed by atoms with Crippen LogP contribution in [0, 0.1) is 12.8 Å². The average Bonchev–Trinajstić information content (AvgIpc) is 3.17. The molecule has 0 saturated carbocycles. The van der Waals surface area contributed by atoms with Crippen molar-refractivity contribution in [3.05, 3.63) is 46.1 Å². The summed E-state index contributed by atoms with van der Waals surface area (Å²) < 4.78 is 1.62. The van der Waals surface area contributed by atoms with Crippen molar-refractivity contribution < 1.29 is 10.0 Å². The first-order chi connectivity index (χ1) is 12.6. The molecule has 0 bridgehead atoms. The minimum absolute atomic E-state index is 0.140. The number of thiazole rings is 1. The van der Waals surface area contributed by atoms with Crippen molar-refractivity contribution in [2.45, 2.75) is 46.1 Å². The van der Waals surface area contributed by atoms with Crippen molar-refractivity contribution >= 4 is 16.3 Å². The summed E-state index contributed by atoms with van der Waals surface area (Å²) in [5, 5.41) is 15.4. The van der Waals surface area contributed by atoms with Gasteiger partial charge in [-0.2, -0.15) is 4.52 Å². The maximum atomic E-state index is 10.9. The molecular formula is C20H27N4OS+. The Balaban J connectivity index is 1.79. The maximum absolute atomic E-state index is 10.9. The Labute approximate surface area is 158 Å². The van der Waals surface area contributed by atoms with E-state index in [-0.39, 0.29) is 11.9 Å². The molecule has 138 valence electrons. The van der Waals surface area contributed by atoms with Gasteiger partial charge in [0.15, 0.2) is 11.9 Å². The molecule has 0 amide bonds. The van der Waals surface area contributed by atoms with Gasteiger partial charge in [-0.05, 0) is 31.7 Å². The Morgan fingerprint density at radius 2 is 2.12 bits per heavy atom. The number of aromatic hydroxyl groups is 1. The zero-order chi connectivity index (χ0) is 18.3. The Kier molecular flexibility index (Phi) is 4.71. The second-order valence-electron chi connectivity index (χ2n) is 7.55. The van der Waals surface area contributed by atoms with Gasteiger partial charge in [-0.3, -0.25) is 0 Å². The van der Waals surface area contributed by atoms with Crippen LogP contribution in [0.15, 0.2) is 24.3 Å². The van der Waals surface area contributed by atoms with Crippen LogP contribution in [0.2, 0.25) is 0 Å². The van der Waals surface area contributed by atoms with Crippen LogP contribution >= 0.6 is 11.3 Å². The van der Waals surface area contributed by atoms with Crippen LogP contribution in [-0.4, -0.2) is 32.8 Å². The van der Waals surface area contributed by atoms with Crippen LogP contribution in [0.1, 0.15) is 54.6 Å². The highest BCUT2D eigenvalue weighted by molar-refractivity contribution is 7.17. The first-order valence-corrected chi connectivity index (χ1v) is 10.4. The van der Waals surface area contributed by atoms with Crippen molar-refractivity contribution in [2.24, 2.45) is 5.92 Å². The van der Waals surface area contributed by atoms with E-state index in [0.29, 0.717) is 0 Å². The third-order valence-corrected chi connectivity index (χ3v) is 6.61. The molecule has 6 heteroatoms. The number of piperidine rings is 1. The van der Waals surface area contributed by atoms with Crippen molar-refractivity contribution in [2.75, 3.05) is 13.1 Å². The van der Waals surface area contributed by atoms with Gasteiger partial charge in [0.25, 0.3) is 0 Å². The summed E-state index contributed by atoms with van der Waals surface area (Å²) in [5.74, 6) is 1.83. The van der Waals surface area contributed by atoms with E-state index in [1.807, 2.05) is 6.92 Å². The standard InChI is InChI=1S/C20H26N4OS/c1-4-16-21-20-24(22-16)19(25)18(26-20)17(15-7-5-6-14(3)12-15)23-10-8-13(2)9-11-23/h5-7,12-13,17,25H,4,8-11H2,1-3H3/p+1/t17-/m0/s1. The van der Waals surface area contributed by atoms with E-state index in [4.69, 9.17) is 0 Å². The van der Waals surface area contributed by atoms with Gasteiger partial charge >= 0.3 is 0 Å². The summed E-state index contributed by atoms with van der Waals surface area (Å²) in [6.45, 7) is 8.77. The summed E-state index contributed by atoms with van der Waals surface area (Å²) in [4.78, 5) is 7.87. The molecule has 0 unspecified atom stereocenters. The van der Waals surface area contributed by atoms with Gasteiger partial charge < -0.3 is 10.0 Å². The highest BCUT2D eigenvalue weighted by atomic mass is 32.1. The predicted octanol–water partition coefficient (Wildman–Crippen LogP) is 2.77. The number of aryl methyl sites for hydroxylation is 2. The fourth-order valence-corrected chi connectivity index (χ4v) is 5.13. The molecule has 1 aliphatic heterocycles. The van der Waals surface area contributed by atoms with E-state index in [9.17, 15) is 5.11 Å². The molecule has 2 N–H and O–H groups in total. The number of rotatable bonds is 4. The third-order valence-electron chi connectivity index (χ3n) is 5.52. The Morgan fingerprint density at radius 3 is 2.77 bits per heavy atom. The monoisotopic (exact) mass is 371 g/mol. The van der Waals surface area contributed by atoms with Crippen LogP contribution in [0.5, 0.6) is 5.88 Å². The van der Waals surface area contributed by atoms with E-state index in [1.54, 1.807) is 15.9 Å². The lowest BCUT2D eigenvalue weighted by atomic mass is 9.94. The first kappa shape index (κ1) is 17.5. The van der Waals surface area contributed by atoms with Gasteiger partial charge in [0.05, 0.1) is 13.1 Å². The molecule has 1 saturated heterocycles. The molecule has 1 aromatic carbocycles. The van der Waals surface area contributed by atoms with Crippen molar-refractivity contribution in [3.63, 3.8) is 0 Å². The molecule has 0 spiro atoms. The number of likely N-dealkylation sites (tertiary alicyclic amines) is 1. The zero-order valence-electron chi connectivity index (χ0n) is 15.7. The van der Waals surface area contributed by atoms with Crippen LogP contribution in [-0.2, 0) is 6.42 Å². The smallest absolute Gasteiger partial charge is 0.235 e. The molecule has 0 aliphatic carbocycles. The normalized spacial score (nSPS) is 22.0. The fraction of sp³-hybridized carbons (Fsp3) is 0.500. The topological polar surface area (TPSA) is 54.9 Å². The Hall–Kier alpha value is -1.92. The van der Waals surface area contributed by atoms with Crippen molar-refractivity contribution in [1.82, 2.24) is 14.6 Å². The summed E-state index contributed by atoms with van der Waals surface area (Å²) in [7, 11) is 0. The molecule has 3 heterocycles. The average molecular weight is 372 g/mol. The number of hydrogen-bond donors (Lipinski definition) is 2. The fourth-order valence-electron chi connectivity index (χ4n) is 3.97. The van der Waals surface area contributed by atoms with E-state index in [0.717, 1.165) is 41.1 Å². The van der Waals surface area contributed by atoms with Gasteiger partial charge in [0.1, 0.15) is 4.88 Å². The molecule has 1 aliphatic rings. The van der Waals surface area contributed by atoms with Crippen LogP contribution in [0.4, 0.5) is 0 Å². The Morgan fingerprint density at radius 1 is 1.35 bits per heavy atom. The Bertz CT molecular complexity index is 908. The highest BCUT2D eigenvalue weighted by Crippen LogP contribution is 2.35. The molecule has 0 radical (unpaired) electrons. The number of hydrogen-bond acceptors (Lipinski definition) is 4. The lowest BCUT2D eigenvalue weighted by Gasteiger charge is -2.33. The SMILES string of the molecule is CCc1nc2sc([C@H](c3cccc(C)c3)[NH+]3CCC(C)CC3)c(O)n2n1. The van der Waals surface area contributed by atoms with Crippen LogP contribution in [0.3, 0.4) is 0 Å². The quantitative estimate of drug-likeness (QED) is 0.741. The van der Waals surface area contributed by atoms with Crippen molar-refractivity contribution in [3.8, 4) is 5.88 Å². The number of fused-ring (bicyclic) bond motifs is 1. The van der Waals surface area contributed by atoms with Gasteiger partial charge in [0.2, 0.25) is 10.8 Å². The number of aromatic nitrogens is 3. The largest absolute Gasteiger partial charge is 0.492 e. The van der Waals surface area contributed by atoms with Gasteiger partial charge in [-0.15, -0.1) is 5.10 Å². The lowest BCUT2D eigenvalue weighted by Crippen LogP contribution is -3.13. The van der Waals surface area contributed by atoms with Gasteiger partial charge in [0, 0.05) is 12.0 Å². The first-order valence-electron chi connectivity index (χ1n) is 9.55. The molecular weight excluding hydrogens is 344 g/mol. The summed E-state index contributed by atoms with van der Waals surface area (Å²) in [6.07, 6.45) is 3.25. The molecule has 1 atom stereocenters. The lowest BCUT2D eigenvalue weighted by molar-refractivity contribution is -0.931. The minimum Gasteiger partial charge on any atom is -0.492 e. The minimum atomic E-state index is 0.140. The maximum Gasteiger partial charge on any atom is 0.235 e. The number of nitrogens with zero attached hydrogens (tertiary/aromatic N) is 3. The van der Waals surface area contributed by atoms with E-state index in [2.05, 4.69) is 48.2 Å². The predicted molar refractivity (Wildman–Crippen MR) is 104 cm³/mol. The summed E-state index contributed by atoms with van der Waals surface area (Å²) in [5.41, 5.74) is 2.52. The van der Waals surface area contributed by atoms with E-state index < -0.39 is 0 Å². The zero-order valence-corrected chi connectivity index (χ0v) is 16.5.